The van der Waals surface area contributed by atoms with Crippen molar-refractivity contribution in [3.63, 3.8) is 0 Å². The Kier molecular flexibility index (Phi) is 6.71. The van der Waals surface area contributed by atoms with Crippen LogP contribution in [-0.4, -0.2) is 43.1 Å². The predicted molar refractivity (Wildman–Crippen MR) is 125 cm³/mol. The molecule has 0 amide bonds. The second-order valence-corrected chi connectivity index (χ2v) is 10.4. The average Bonchev–Trinajstić information content (AvgIpc) is 3.03. The van der Waals surface area contributed by atoms with Crippen LogP contribution in [0.2, 0.25) is 0 Å². The number of alkyl halides is 1. The summed E-state index contributed by atoms with van der Waals surface area (Å²) < 4.78 is 11.1. The summed E-state index contributed by atoms with van der Waals surface area (Å²) in [4.78, 5) is 14.4. The first-order valence-electron chi connectivity index (χ1n) is 11.1. The lowest BCUT2D eigenvalue weighted by molar-refractivity contribution is -0.147. The highest BCUT2D eigenvalue weighted by molar-refractivity contribution is 6.33. The SMILES string of the molecule is COC(=O)C1CCN(C2CC(C)(C)c3cc(OCC4=C(Cl)C=CCC4Cl)ccc32)CC1. The predicted octanol–water partition coefficient (Wildman–Crippen LogP) is 5.73. The fraction of sp³-hybridized carbons (Fsp3) is 0.560. The lowest BCUT2D eigenvalue weighted by atomic mass is 9.86. The van der Waals surface area contributed by atoms with Crippen LogP contribution < -0.4 is 4.74 Å². The molecule has 3 aliphatic rings. The van der Waals surface area contributed by atoms with Crippen LogP contribution in [0.25, 0.3) is 0 Å². The number of rotatable bonds is 5. The number of allylic oxidation sites excluding steroid dienone is 3. The van der Waals surface area contributed by atoms with E-state index in [1.165, 1.54) is 18.2 Å². The van der Waals surface area contributed by atoms with Gasteiger partial charge in [0, 0.05) is 16.6 Å². The zero-order valence-electron chi connectivity index (χ0n) is 18.5. The van der Waals surface area contributed by atoms with Crippen molar-refractivity contribution in [1.82, 2.24) is 4.90 Å². The Labute approximate surface area is 195 Å². The largest absolute Gasteiger partial charge is 0.489 e. The number of fused-ring (bicyclic) bond motifs is 1. The van der Waals surface area contributed by atoms with Gasteiger partial charge in [-0.3, -0.25) is 9.69 Å². The number of ether oxygens (including phenoxy) is 2. The first-order valence-corrected chi connectivity index (χ1v) is 11.9. The van der Waals surface area contributed by atoms with Crippen molar-refractivity contribution in [3.05, 3.63) is 52.1 Å². The number of halogens is 2. The molecule has 0 radical (unpaired) electrons. The highest BCUT2D eigenvalue weighted by atomic mass is 35.5. The molecule has 0 spiro atoms. The van der Waals surface area contributed by atoms with E-state index in [0.717, 1.165) is 50.1 Å². The number of carbonyl (C=O) groups is 1. The van der Waals surface area contributed by atoms with E-state index in [1.807, 2.05) is 12.2 Å². The monoisotopic (exact) mass is 463 g/mol. The van der Waals surface area contributed by atoms with E-state index in [-0.39, 0.29) is 22.7 Å². The molecule has 6 heteroatoms. The minimum atomic E-state index is -0.110. The van der Waals surface area contributed by atoms with Crippen LogP contribution in [0.4, 0.5) is 0 Å². The number of esters is 1. The van der Waals surface area contributed by atoms with Gasteiger partial charge < -0.3 is 9.47 Å². The summed E-state index contributed by atoms with van der Waals surface area (Å²) in [6, 6.07) is 6.84. The topological polar surface area (TPSA) is 38.8 Å². The fourth-order valence-electron chi connectivity index (χ4n) is 5.15. The first-order chi connectivity index (χ1) is 14.8. The first kappa shape index (κ1) is 22.7. The van der Waals surface area contributed by atoms with E-state index in [9.17, 15) is 4.79 Å². The Bertz CT molecular complexity index is 900. The van der Waals surface area contributed by atoms with Gasteiger partial charge in [0.1, 0.15) is 12.4 Å². The standard InChI is InChI=1S/C25H31Cl2NO3/c1-25(2)14-23(28-11-9-16(10-12-28)24(29)30-3)18-8-7-17(13-20(18)25)31-15-19-21(26)5-4-6-22(19)27/h4-5,7-8,13,16,22-23H,6,9-12,14-15H2,1-3H3. The van der Waals surface area contributed by atoms with Gasteiger partial charge in [-0.25, -0.2) is 0 Å². The maximum atomic E-state index is 11.9. The highest BCUT2D eigenvalue weighted by Crippen LogP contribution is 2.49. The van der Waals surface area contributed by atoms with E-state index in [2.05, 4.69) is 36.9 Å². The molecule has 4 nitrogen and oxygen atoms in total. The second kappa shape index (κ2) is 9.17. The van der Waals surface area contributed by atoms with Gasteiger partial charge in [0.05, 0.1) is 18.4 Å². The quantitative estimate of drug-likeness (QED) is 0.412. The maximum absolute atomic E-state index is 11.9. The molecule has 1 aliphatic heterocycles. The molecule has 168 valence electrons. The molecule has 2 atom stereocenters. The molecular formula is C25H31Cl2NO3. The van der Waals surface area contributed by atoms with Crippen LogP contribution in [0.1, 0.15) is 56.7 Å². The Morgan fingerprint density at radius 3 is 2.68 bits per heavy atom. The number of carbonyl (C=O) groups excluding carboxylic acids is 1. The third-order valence-corrected chi connectivity index (χ3v) is 7.82. The average molecular weight is 464 g/mol. The van der Waals surface area contributed by atoms with Crippen LogP contribution in [0.15, 0.2) is 41.0 Å². The zero-order chi connectivity index (χ0) is 22.2. The van der Waals surface area contributed by atoms with Gasteiger partial charge >= 0.3 is 5.97 Å². The van der Waals surface area contributed by atoms with Crippen molar-refractivity contribution in [1.29, 1.82) is 0 Å². The summed E-state index contributed by atoms with van der Waals surface area (Å²) in [7, 11) is 1.48. The minimum Gasteiger partial charge on any atom is -0.489 e. The molecule has 1 aromatic carbocycles. The van der Waals surface area contributed by atoms with E-state index < -0.39 is 0 Å². The summed E-state index contributed by atoms with van der Waals surface area (Å²) in [6.07, 6.45) is 7.48. The van der Waals surface area contributed by atoms with Gasteiger partial charge in [-0.2, -0.15) is 0 Å². The van der Waals surface area contributed by atoms with Crippen LogP contribution >= 0.6 is 23.2 Å². The van der Waals surface area contributed by atoms with Gasteiger partial charge in [-0.05, 0) is 73.5 Å². The van der Waals surface area contributed by atoms with Gasteiger partial charge in [0.25, 0.3) is 0 Å². The smallest absolute Gasteiger partial charge is 0.308 e. The molecule has 0 aromatic heterocycles. The Morgan fingerprint density at radius 1 is 1.26 bits per heavy atom. The lowest BCUT2D eigenvalue weighted by Gasteiger charge is -2.36. The van der Waals surface area contributed by atoms with Crippen molar-refractivity contribution < 1.29 is 14.3 Å². The number of nitrogens with zero attached hydrogens (tertiary/aromatic N) is 1. The summed E-state index contributed by atoms with van der Waals surface area (Å²) in [5.74, 6) is 0.816. The van der Waals surface area contributed by atoms with Gasteiger partial charge in [-0.15, -0.1) is 11.6 Å². The molecule has 2 aliphatic carbocycles. The number of hydrogen-bond acceptors (Lipinski definition) is 4. The van der Waals surface area contributed by atoms with Crippen LogP contribution in [0, 0.1) is 5.92 Å². The highest BCUT2D eigenvalue weighted by Gasteiger charge is 2.41. The molecule has 1 heterocycles. The number of piperidine rings is 1. The van der Waals surface area contributed by atoms with E-state index in [4.69, 9.17) is 32.7 Å². The zero-order valence-corrected chi connectivity index (χ0v) is 20.0. The van der Waals surface area contributed by atoms with Crippen molar-refractivity contribution in [2.45, 2.75) is 56.4 Å². The molecule has 1 saturated heterocycles. The summed E-state index contributed by atoms with van der Waals surface area (Å²) in [5.41, 5.74) is 3.73. The second-order valence-electron chi connectivity index (χ2n) is 9.45. The molecule has 1 fully saturated rings. The number of hydrogen-bond donors (Lipinski definition) is 0. The van der Waals surface area contributed by atoms with Crippen LogP contribution in [-0.2, 0) is 14.9 Å². The van der Waals surface area contributed by atoms with E-state index in [1.54, 1.807) is 0 Å². The molecule has 0 N–H and O–H groups in total. The maximum Gasteiger partial charge on any atom is 0.308 e. The van der Waals surface area contributed by atoms with Crippen LogP contribution in [0.5, 0.6) is 5.75 Å². The molecule has 4 rings (SSSR count). The van der Waals surface area contributed by atoms with Crippen molar-refractivity contribution in [2.24, 2.45) is 5.92 Å². The minimum absolute atomic E-state index is 0.0347. The Balaban J connectivity index is 1.47. The van der Waals surface area contributed by atoms with E-state index in [0.29, 0.717) is 17.7 Å². The van der Waals surface area contributed by atoms with Gasteiger partial charge in [0.2, 0.25) is 0 Å². The van der Waals surface area contributed by atoms with Crippen molar-refractivity contribution >= 4 is 29.2 Å². The van der Waals surface area contributed by atoms with Crippen LogP contribution in [0.3, 0.4) is 0 Å². The summed E-state index contributed by atoms with van der Waals surface area (Å²) >= 11 is 12.7. The number of benzene rings is 1. The van der Waals surface area contributed by atoms with Crippen molar-refractivity contribution in [3.8, 4) is 5.75 Å². The normalized spacial score (nSPS) is 26.1. The third-order valence-electron chi connectivity index (χ3n) is 7.01. The fourth-order valence-corrected chi connectivity index (χ4v) is 5.77. The molecule has 0 saturated carbocycles. The molecule has 0 bridgehead atoms. The summed E-state index contributed by atoms with van der Waals surface area (Å²) in [6.45, 7) is 6.86. The molecule has 31 heavy (non-hydrogen) atoms. The Hall–Kier alpha value is -1.49. The number of methoxy groups -OCH3 is 1. The van der Waals surface area contributed by atoms with Crippen molar-refractivity contribution in [2.75, 3.05) is 26.8 Å². The lowest BCUT2D eigenvalue weighted by Crippen LogP contribution is -2.38. The van der Waals surface area contributed by atoms with Gasteiger partial charge in [0.15, 0.2) is 0 Å². The Morgan fingerprint density at radius 2 is 2.00 bits per heavy atom. The third kappa shape index (κ3) is 4.67. The number of likely N-dealkylation sites (tertiary alicyclic amines) is 1. The molecule has 1 aromatic rings. The molecular weight excluding hydrogens is 433 g/mol. The summed E-state index contributed by atoms with van der Waals surface area (Å²) in [5, 5.41) is 0.573. The van der Waals surface area contributed by atoms with E-state index >= 15 is 0 Å². The molecule has 2 unspecified atom stereocenters. The van der Waals surface area contributed by atoms with Gasteiger partial charge in [-0.1, -0.05) is 37.6 Å².